The molecule has 0 atom stereocenters. The van der Waals surface area contributed by atoms with Gasteiger partial charge in [0.1, 0.15) is 5.75 Å². The standard InChI is InChI=1S/C21H27N3O3S2/c1-15-7-9-18(16(2)13-15)22-21(28)23-19-10-8-17(14-20(19)27-3)29(25,26)24-11-5-4-6-12-24/h7-10,13-14H,4-6,11-12H2,1-3H3,(H2,22,23,28). The number of nitrogens with zero attached hydrogens (tertiary/aromatic N) is 1. The summed E-state index contributed by atoms with van der Waals surface area (Å²) in [5.74, 6) is 0.424. The van der Waals surface area contributed by atoms with Crippen molar-refractivity contribution in [2.24, 2.45) is 0 Å². The largest absolute Gasteiger partial charge is 0.495 e. The van der Waals surface area contributed by atoms with E-state index >= 15 is 0 Å². The molecule has 0 bridgehead atoms. The number of sulfonamides is 1. The van der Waals surface area contributed by atoms with Crippen molar-refractivity contribution in [2.45, 2.75) is 38.0 Å². The summed E-state index contributed by atoms with van der Waals surface area (Å²) in [6.45, 7) is 5.18. The highest BCUT2D eigenvalue weighted by Crippen LogP contribution is 2.30. The smallest absolute Gasteiger partial charge is 0.243 e. The van der Waals surface area contributed by atoms with E-state index in [9.17, 15) is 8.42 Å². The van der Waals surface area contributed by atoms with Crippen LogP contribution in [0.25, 0.3) is 0 Å². The quantitative estimate of drug-likeness (QED) is 0.686. The molecule has 6 nitrogen and oxygen atoms in total. The molecule has 0 aromatic heterocycles. The van der Waals surface area contributed by atoms with Crippen LogP contribution < -0.4 is 15.4 Å². The van der Waals surface area contributed by atoms with Gasteiger partial charge in [0.2, 0.25) is 10.0 Å². The monoisotopic (exact) mass is 433 g/mol. The Kier molecular flexibility index (Phi) is 6.77. The van der Waals surface area contributed by atoms with Crippen LogP contribution in [0.4, 0.5) is 11.4 Å². The van der Waals surface area contributed by atoms with Gasteiger partial charge >= 0.3 is 0 Å². The second-order valence-electron chi connectivity index (χ2n) is 7.22. The average molecular weight is 434 g/mol. The highest BCUT2D eigenvalue weighted by molar-refractivity contribution is 7.89. The first kappa shape index (κ1) is 21.5. The Balaban J connectivity index is 1.77. The predicted molar refractivity (Wildman–Crippen MR) is 121 cm³/mol. The molecule has 1 aliphatic heterocycles. The number of rotatable bonds is 5. The Morgan fingerprint density at radius 1 is 1.00 bits per heavy atom. The number of benzene rings is 2. The van der Waals surface area contributed by atoms with E-state index in [0.29, 0.717) is 29.6 Å². The Labute approximate surface area is 178 Å². The van der Waals surface area contributed by atoms with Crippen LogP contribution in [-0.2, 0) is 10.0 Å². The maximum Gasteiger partial charge on any atom is 0.243 e. The zero-order chi connectivity index (χ0) is 21.0. The maximum absolute atomic E-state index is 12.9. The lowest BCUT2D eigenvalue weighted by atomic mass is 10.1. The third kappa shape index (κ3) is 5.07. The second kappa shape index (κ2) is 9.11. The molecule has 0 spiro atoms. The lowest BCUT2D eigenvalue weighted by molar-refractivity contribution is 0.346. The van der Waals surface area contributed by atoms with Gasteiger partial charge in [-0.3, -0.25) is 0 Å². The number of anilines is 2. The van der Waals surface area contributed by atoms with E-state index < -0.39 is 10.0 Å². The third-order valence-electron chi connectivity index (χ3n) is 5.00. The third-order valence-corrected chi connectivity index (χ3v) is 7.10. The molecule has 1 heterocycles. The van der Waals surface area contributed by atoms with Gasteiger partial charge in [-0.2, -0.15) is 4.31 Å². The van der Waals surface area contributed by atoms with Gasteiger partial charge in [-0.1, -0.05) is 24.1 Å². The minimum Gasteiger partial charge on any atom is -0.495 e. The zero-order valence-corrected chi connectivity index (χ0v) is 18.6. The SMILES string of the molecule is COc1cc(S(=O)(=O)N2CCCCC2)ccc1NC(=S)Nc1ccc(C)cc1C. The Hall–Kier alpha value is -2.16. The molecule has 1 saturated heterocycles. The normalized spacial score (nSPS) is 15.0. The Morgan fingerprint density at radius 3 is 2.31 bits per heavy atom. The Bertz CT molecular complexity index is 1000. The van der Waals surface area contributed by atoms with Crippen molar-refractivity contribution < 1.29 is 13.2 Å². The molecule has 2 N–H and O–H groups in total. The summed E-state index contributed by atoms with van der Waals surface area (Å²) in [5.41, 5.74) is 3.78. The fraction of sp³-hybridized carbons (Fsp3) is 0.381. The zero-order valence-electron chi connectivity index (χ0n) is 17.0. The number of aryl methyl sites for hydroxylation is 2. The van der Waals surface area contributed by atoms with Crippen molar-refractivity contribution in [3.63, 3.8) is 0 Å². The van der Waals surface area contributed by atoms with Crippen LogP contribution in [0.1, 0.15) is 30.4 Å². The molecule has 3 rings (SSSR count). The van der Waals surface area contributed by atoms with E-state index in [1.807, 2.05) is 26.0 Å². The number of piperidine rings is 1. The molecule has 2 aromatic rings. The van der Waals surface area contributed by atoms with Gasteiger partial charge in [-0.15, -0.1) is 0 Å². The van der Waals surface area contributed by atoms with Gasteiger partial charge in [0, 0.05) is 24.8 Å². The van der Waals surface area contributed by atoms with Crippen LogP contribution in [0.3, 0.4) is 0 Å². The minimum absolute atomic E-state index is 0.232. The van der Waals surface area contributed by atoms with Gasteiger partial charge in [-0.25, -0.2) is 8.42 Å². The van der Waals surface area contributed by atoms with Gasteiger partial charge in [0.25, 0.3) is 0 Å². The van der Waals surface area contributed by atoms with Crippen molar-refractivity contribution in [3.05, 3.63) is 47.5 Å². The molecule has 2 aromatic carbocycles. The summed E-state index contributed by atoms with van der Waals surface area (Å²) >= 11 is 5.42. The van der Waals surface area contributed by atoms with E-state index in [1.54, 1.807) is 22.5 Å². The molecule has 0 amide bonds. The van der Waals surface area contributed by atoms with Gasteiger partial charge < -0.3 is 15.4 Å². The molecule has 29 heavy (non-hydrogen) atoms. The highest BCUT2D eigenvalue weighted by atomic mass is 32.2. The van der Waals surface area contributed by atoms with Crippen molar-refractivity contribution >= 4 is 38.7 Å². The summed E-state index contributed by atoms with van der Waals surface area (Å²) in [4.78, 5) is 0.232. The number of hydrogen-bond donors (Lipinski definition) is 2. The van der Waals surface area contributed by atoms with E-state index in [4.69, 9.17) is 17.0 Å². The van der Waals surface area contributed by atoms with Crippen LogP contribution >= 0.6 is 12.2 Å². The van der Waals surface area contributed by atoms with Crippen LogP contribution in [0.5, 0.6) is 5.75 Å². The number of hydrogen-bond acceptors (Lipinski definition) is 4. The van der Waals surface area contributed by atoms with Gasteiger partial charge in [0.05, 0.1) is 17.7 Å². The lowest BCUT2D eigenvalue weighted by Crippen LogP contribution is -2.35. The number of nitrogens with one attached hydrogen (secondary N) is 2. The summed E-state index contributed by atoms with van der Waals surface area (Å²) in [6.07, 6.45) is 2.87. The molecule has 156 valence electrons. The molecular formula is C21H27N3O3S2. The van der Waals surface area contributed by atoms with E-state index in [0.717, 1.165) is 30.5 Å². The number of methoxy groups -OCH3 is 1. The number of ether oxygens (including phenoxy) is 1. The molecule has 1 fully saturated rings. The lowest BCUT2D eigenvalue weighted by Gasteiger charge is -2.26. The fourth-order valence-corrected chi connectivity index (χ4v) is 5.17. The highest BCUT2D eigenvalue weighted by Gasteiger charge is 2.26. The van der Waals surface area contributed by atoms with Gasteiger partial charge in [0.15, 0.2) is 5.11 Å². The first-order valence-corrected chi connectivity index (χ1v) is 11.5. The summed E-state index contributed by atoms with van der Waals surface area (Å²) in [6, 6.07) is 10.9. The van der Waals surface area contributed by atoms with Crippen LogP contribution in [0.15, 0.2) is 41.3 Å². The van der Waals surface area contributed by atoms with Crippen molar-refractivity contribution in [1.82, 2.24) is 4.31 Å². The van der Waals surface area contributed by atoms with Crippen molar-refractivity contribution in [3.8, 4) is 5.75 Å². The van der Waals surface area contributed by atoms with Crippen molar-refractivity contribution in [2.75, 3.05) is 30.8 Å². The van der Waals surface area contributed by atoms with E-state index in [1.165, 1.54) is 12.7 Å². The fourth-order valence-electron chi connectivity index (χ4n) is 3.42. The van der Waals surface area contributed by atoms with Gasteiger partial charge in [-0.05, 0) is 62.7 Å². The van der Waals surface area contributed by atoms with Crippen LogP contribution in [0, 0.1) is 13.8 Å². The maximum atomic E-state index is 12.9. The first-order valence-electron chi connectivity index (χ1n) is 9.65. The Morgan fingerprint density at radius 2 is 1.66 bits per heavy atom. The summed E-state index contributed by atoms with van der Waals surface area (Å²) < 4.78 is 32.8. The number of thiocarbonyl (C=S) groups is 1. The van der Waals surface area contributed by atoms with E-state index in [2.05, 4.69) is 16.7 Å². The molecule has 1 aliphatic rings. The predicted octanol–water partition coefficient (Wildman–Crippen LogP) is 4.30. The topological polar surface area (TPSA) is 70.7 Å². The molecule has 8 heteroatoms. The van der Waals surface area contributed by atoms with Crippen molar-refractivity contribution in [1.29, 1.82) is 0 Å². The molecular weight excluding hydrogens is 406 g/mol. The van der Waals surface area contributed by atoms with Crippen LogP contribution in [0.2, 0.25) is 0 Å². The molecule has 0 saturated carbocycles. The average Bonchev–Trinajstić information content (AvgIpc) is 2.71. The molecule has 0 aliphatic carbocycles. The van der Waals surface area contributed by atoms with E-state index in [-0.39, 0.29) is 4.90 Å². The second-order valence-corrected chi connectivity index (χ2v) is 9.57. The first-order chi connectivity index (χ1) is 13.8. The summed E-state index contributed by atoms with van der Waals surface area (Å²) in [7, 11) is -2.01. The summed E-state index contributed by atoms with van der Waals surface area (Å²) in [5, 5.41) is 6.67. The molecule has 0 unspecified atom stereocenters. The minimum atomic E-state index is -3.52. The van der Waals surface area contributed by atoms with Crippen LogP contribution in [-0.4, -0.2) is 38.0 Å². The molecule has 0 radical (unpaired) electrons.